The average molecular weight is 455 g/mol. The van der Waals surface area contributed by atoms with Gasteiger partial charge in [-0.05, 0) is 58.3 Å². The number of rotatable bonds is 8. The van der Waals surface area contributed by atoms with Crippen molar-refractivity contribution in [2.75, 3.05) is 37.8 Å². The molecule has 1 atom stereocenters. The zero-order chi connectivity index (χ0) is 25.1. The second kappa shape index (κ2) is 9.91. The van der Waals surface area contributed by atoms with Gasteiger partial charge in [0.05, 0.1) is 18.0 Å². The maximum Gasteiger partial charge on any atom is 0.336 e. The Morgan fingerprint density at radius 1 is 1.27 bits per heavy atom. The molecule has 3 aromatic heterocycles. The van der Waals surface area contributed by atoms with Gasteiger partial charge in [-0.1, -0.05) is 19.4 Å². The van der Waals surface area contributed by atoms with Gasteiger partial charge >= 0.3 is 6.01 Å². The topological polar surface area (TPSA) is 97.7 Å². The van der Waals surface area contributed by atoms with Crippen LogP contribution in [0.3, 0.4) is 0 Å². The Morgan fingerprint density at radius 3 is 2.73 bits per heavy atom. The standard InChI is InChI=1S/C24H36N8O/c1-6-7-17(3)33-24-28-21(25)23-27-15-20(32(23)29-24)13-18-12-16(2)22(26-14-18)31-10-8-19(9-11-31)30(4)5/h12,14-15,17,19H,6-11,13H2,1-5H3,(H2,25,28,29)/t17-/m0/s1/i3D2. The van der Waals surface area contributed by atoms with E-state index in [1.807, 2.05) is 13.1 Å². The van der Waals surface area contributed by atoms with Crippen LogP contribution in [-0.4, -0.2) is 68.8 Å². The summed E-state index contributed by atoms with van der Waals surface area (Å²) in [6.45, 7) is 4.98. The normalized spacial score (nSPS) is 17.0. The van der Waals surface area contributed by atoms with Crippen molar-refractivity contribution in [3.05, 3.63) is 35.3 Å². The van der Waals surface area contributed by atoms with E-state index in [1.165, 1.54) is 0 Å². The van der Waals surface area contributed by atoms with E-state index in [0.717, 1.165) is 55.0 Å². The van der Waals surface area contributed by atoms with Gasteiger partial charge in [0.25, 0.3) is 0 Å². The molecule has 178 valence electrons. The predicted molar refractivity (Wildman–Crippen MR) is 131 cm³/mol. The second-order valence-corrected chi connectivity index (χ2v) is 9.05. The quantitative estimate of drug-likeness (QED) is 0.554. The minimum absolute atomic E-state index is 0.0583. The van der Waals surface area contributed by atoms with Crippen molar-refractivity contribution >= 4 is 17.3 Å². The van der Waals surface area contributed by atoms with Crippen LogP contribution in [0.2, 0.25) is 0 Å². The maximum atomic E-state index is 7.73. The van der Waals surface area contributed by atoms with Gasteiger partial charge in [-0.25, -0.2) is 14.5 Å². The van der Waals surface area contributed by atoms with Gasteiger partial charge < -0.3 is 20.3 Å². The minimum atomic E-state index is -1.14. The van der Waals surface area contributed by atoms with Crippen LogP contribution in [-0.2, 0) is 6.42 Å². The number of anilines is 2. The van der Waals surface area contributed by atoms with Crippen molar-refractivity contribution in [1.29, 1.82) is 0 Å². The largest absolute Gasteiger partial charge is 0.459 e. The second-order valence-electron chi connectivity index (χ2n) is 9.05. The molecular formula is C24H36N8O. The summed E-state index contributed by atoms with van der Waals surface area (Å²) in [6.07, 6.45) is 7.26. The number of hydrogen-bond donors (Lipinski definition) is 1. The molecule has 0 radical (unpaired) electrons. The van der Waals surface area contributed by atoms with Gasteiger partial charge in [0.15, 0.2) is 11.5 Å². The summed E-state index contributed by atoms with van der Waals surface area (Å²) in [6, 6.07) is 2.86. The SMILES string of the molecule is [2H]C([2H])[C@@H](CCC)Oc1nc(N)c2ncc(Cc3cnc(N4CCC(N(C)C)CC4)c(C)c3)n2n1. The molecule has 4 heterocycles. The molecule has 9 heteroatoms. The average Bonchev–Trinajstić information content (AvgIpc) is 3.22. The number of pyridine rings is 1. The highest BCUT2D eigenvalue weighted by Crippen LogP contribution is 2.25. The van der Waals surface area contributed by atoms with Crippen LogP contribution in [0.1, 0.15) is 59.0 Å². The van der Waals surface area contributed by atoms with E-state index < -0.39 is 13.0 Å². The van der Waals surface area contributed by atoms with Crippen LogP contribution in [0.25, 0.3) is 5.65 Å². The number of nitrogen functional groups attached to an aromatic ring is 1. The minimum Gasteiger partial charge on any atom is -0.459 e. The van der Waals surface area contributed by atoms with E-state index in [9.17, 15) is 0 Å². The number of nitrogens with two attached hydrogens (primary N) is 1. The molecule has 1 aliphatic heterocycles. The fourth-order valence-corrected chi connectivity index (χ4v) is 4.43. The summed E-state index contributed by atoms with van der Waals surface area (Å²) in [4.78, 5) is 18.1. The van der Waals surface area contributed by atoms with Crippen molar-refractivity contribution in [2.24, 2.45) is 0 Å². The first-order chi connectivity index (χ1) is 16.8. The van der Waals surface area contributed by atoms with Crippen LogP contribution in [0.4, 0.5) is 11.6 Å². The van der Waals surface area contributed by atoms with E-state index in [0.29, 0.717) is 24.5 Å². The number of imidazole rings is 1. The lowest BCUT2D eigenvalue weighted by Crippen LogP contribution is -2.42. The summed E-state index contributed by atoms with van der Waals surface area (Å²) >= 11 is 0. The summed E-state index contributed by atoms with van der Waals surface area (Å²) in [5.74, 6) is 1.25. The molecule has 0 aliphatic carbocycles. The zero-order valence-corrected chi connectivity index (χ0v) is 20.0. The lowest BCUT2D eigenvalue weighted by molar-refractivity contribution is 0.189. The highest BCUT2D eigenvalue weighted by molar-refractivity contribution is 5.60. The molecule has 4 rings (SSSR count). The number of ether oxygens (including phenoxy) is 1. The number of aryl methyl sites for hydroxylation is 1. The first-order valence-electron chi connectivity index (χ1n) is 12.8. The van der Waals surface area contributed by atoms with E-state index in [1.54, 1.807) is 10.7 Å². The molecule has 9 nitrogen and oxygen atoms in total. The maximum absolute atomic E-state index is 7.73. The lowest BCUT2D eigenvalue weighted by Gasteiger charge is -2.36. The van der Waals surface area contributed by atoms with E-state index in [-0.39, 0.29) is 11.8 Å². The van der Waals surface area contributed by atoms with Gasteiger partial charge in [0.2, 0.25) is 0 Å². The third kappa shape index (κ3) is 5.19. The van der Waals surface area contributed by atoms with Crippen molar-refractivity contribution in [3.8, 4) is 6.01 Å². The molecule has 0 spiro atoms. The Bertz CT molecular complexity index is 1140. The Labute approximate surface area is 198 Å². The number of nitrogens with zero attached hydrogens (tertiary/aromatic N) is 7. The molecule has 0 amide bonds. The Balaban J connectivity index is 1.52. The van der Waals surface area contributed by atoms with Gasteiger partial charge in [-0.15, -0.1) is 5.10 Å². The van der Waals surface area contributed by atoms with Gasteiger partial charge in [0.1, 0.15) is 5.82 Å². The van der Waals surface area contributed by atoms with Crippen LogP contribution in [0.15, 0.2) is 18.5 Å². The fourth-order valence-electron chi connectivity index (χ4n) is 4.43. The summed E-state index contributed by atoms with van der Waals surface area (Å²) in [5.41, 5.74) is 9.61. The number of piperidine rings is 1. The molecule has 3 aromatic rings. The summed E-state index contributed by atoms with van der Waals surface area (Å²) in [7, 11) is 4.30. The fraction of sp³-hybridized carbons (Fsp3) is 0.583. The summed E-state index contributed by atoms with van der Waals surface area (Å²) in [5, 5.41) is 4.47. The van der Waals surface area contributed by atoms with Crippen molar-refractivity contribution < 1.29 is 7.48 Å². The van der Waals surface area contributed by atoms with Crippen LogP contribution in [0.5, 0.6) is 6.01 Å². The van der Waals surface area contributed by atoms with E-state index >= 15 is 0 Å². The molecule has 0 aromatic carbocycles. The Morgan fingerprint density at radius 2 is 2.06 bits per heavy atom. The molecular weight excluding hydrogens is 416 g/mol. The molecule has 1 aliphatic rings. The first kappa shape index (κ1) is 20.7. The molecule has 1 saturated heterocycles. The van der Waals surface area contributed by atoms with Crippen LogP contribution < -0.4 is 15.4 Å². The van der Waals surface area contributed by atoms with Gasteiger partial charge in [-0.3, -0.25) is 0 Å². The van der Waals surface area contributed by atoms with Crippen LogP contribution >= 0.6 is 0 Å². The highest BCUT2D eigenvalue weighted by Gasteiger charge is 2.22. The van der Waals surface area contributed by atoms with Crippen molar-refractivity contribution in [1.82, 2.24) is 29.5 Å². The van der Waals surface area contributed by atoms with Gasteiger partial charge in [-0.2, -0.15) is 4.98 Å². The molecule has 1 fully saturated rings. The molecule has 33 heavy (non-hydrogen) atoms. The Kier molecular flexibility index (Phi) is 6.20. The van der Waals surface area contributed by atoms with Crippen LogP contribution in [0, 0.1) is 6.92 Å². The first-order valence-corrected chi connectivity index (χ1v) is 11.6. The molecule has 0 bridgehead atoms. The zero-order valence-electron chi connectivity index (χ0n) is 22.0. The third-order valence-electron chi connectivity index (χ3n) is 6.26. The van der Waals surface area contributed by atoms with Crippen molar-refractivity contribution in [3.63, 3.8) is 0 Å². The van der Waals surface area contributed by atoms with E-state index in [2.05, 4.69) is 52.0 Å². The summed E-state index contributed by atoms with van der Waals surface area (Å²) < 4.78 is 22.9. The monoisotopic (exact) mass is 454 g/mol. The molecule has 0 saturated carbocycles. The molecule has 2 N–H and O–H groups in total. The predicted octanol–water partition coefficient (Wildman–Crippen LogP) is 3.10. The highest BCUT2D eigenvalue weighted by atomic mass is 16.5. The van der Waals surface area contributed by atoms with Crippen molar-refractivity contribution in [2.45, 2.75) is 65.0 Å². The van der Waals surface area contributed by atoms with Gasteiger partial charge in [0, 0.05) is 34.5 Å². The number of hydrogen-bond acceptors (Lipinski definition) is 8. The Hall–Kier alpha value is -2.94. The van der Waals surface area contributed by atoms with E-state index in [4.69, 9.17) is 18.2 Å². The number of fused-ring (bicyclic) bond motifs is 1. The smallest absolute Gasteiger partial charge is 0.336 e. The third-order valence-corrected chi connectivity index (χ3v) is 6.26. The lowest BCUT2D eigenvalue weighted by atomic mass is 10.0. The number of aromatic nitrogens is 5. The molecule has 0 unspecified atom stereocenters.